The maximum atomic E-state index is 13.0. The van der Waals surface area contributed by atoms with E-state index in [1.807, 2.05) is 55.0 Å². The third-order valence-corrected chi connectivity index (χ3v) is 4.43. The minimum Gasteiger partial charge on any atom is -0.349 e. The molecule has 0 saturated heterocycles. The van der Waals surface area contributed by atoms with Gasteiger partial charge in [0.2, 0.25) is 5.91 Å². The van der Waals surface area contributed by atoms with E-state index in [1.54, 1.807) is 10.9 Å². The smallest absolute Gasteiger partial charge is 0.249 e. The van der Waals surface area contributed by atoms with Gasteiger partial charge in [-0.1, -0.05) is 30.3 Å². The summed E-state index contributed by atoms with van der Waals surface area (Å²) >= 11 is 0. The van der Waals surface area contributed by atoms with Crippen molar-refractivity contribution >= 4 is 5.91 Å². The first-order valence-electron chi connectivity index (χ1n) is 8.16. The van der Waals surface area contributed by atoms with E-state index in [-0.39, 0.29) is 11.9 Å². The molecule has 0 aliphatic carbocycles. The fourth-order valence-electron chi connectivity index (χ4n) is 3.26. The van der Waals surface area contributed by atoms with E-state index >= 15 is 0 Å². The summed E-state index contributed by atoms with van der Waals surface area (Å²) in [6.45, 7) is 0.766. The van der Waals surface area contributed by atoms with Crippen LogP contribution in [0.1, 0.15) is 23.9 Å². The number of carbonyl (C=O) groups excluding carboxylic acids is 1. The molecule has 2 unspecified atom stereocenters. The molecule has 1 aromatic carbocycles. The molecule has 1 aliphatic rings. The van der Waals surface area contributed by atoms with Crippen LogP contribution < -0.4 is 5.32 Å². The first kappa shape index (κ1) is 14.7. The number of aryl methyl sites for hydroxylation is 1. The summed E-state index contributed by atoms with van der Waals surface area (Å²) in [6.07, 6.45) is 9.10. The molecule has 4 rings (SSSR count). The van der Waals surface area contributed by atoms with Crippen molar-refractivity contribution in [1.29, 1.82) is 0 Å². The first-order chi connectivity index (χ1) is 11.8. The van der Waals surface area contributed by atoms with Crippen LogP contribution in [0.25, 0.3) is 0 Å². The molecule has 6 heteroatoms. The number of nitrogens with zero attached hydrogens (tertiary/aromatic N) is 4. The molecule has 0 bridgehead atoms. The molecule has 1 N–H and O–H groups in total. The Morgan fingerprint density at radius 2 is 2.04 bits per heavy atom. The Balaban J connectivity index is 1.54. The second-order valence-electron chi connectivity index (χ2n) is 6.04. The van der Waals surface area contributed by atoms with E-state index in [1.165, 1.54) is 0 Å². The number of aromatic nitrogens is 4. The monoisotopic (exact) mass is 321 g/mol. The van der Waals surface area contributed by atoms with Crippen molar-refractivity contribution in [3.63, 3.8) is 0 Å². The Morgan fingerprint density at radius 1 is 1.17 bits per heavy atom. The third-order valence-electron chi connectivity index (χ3n) is 4.43. The van der Waals surface area contributed by atoms with Crippen LogP contribution in [0.2, 0.25) is 0 Å². The van der Waals surface area contributed by atoms with E-state index in [0.29, 0.717) is 0 Å². The van der Waals surface area contributed by atoms with E-state index < -0.39 is 6.04 Å². The lowest BCUT2D eigenvalue weighted by Gasteiger charge is -2.27. The van der Waals surface area contributed by atoms with Gasteiger partial charge in [0.05, 0.1) is 0 Å². The zero-order chi connectivity index (χ0) is 16.4. The lowest BCUT2D eigenvalue weighted by molar-refractivity contribution is -0.124. The summed E-state index contributed by atoms with van der Waals surface area (Å²) in [4.78, 5) is 17.3. The van der Waals surface area contributed by atoms with Crippen molar-refractivity contribution in [1.82, 2.24) is 24.6 Å². The minimum atomic E-state index is -0.453. The van der Waals surface area contributed by atoms with Crippen LogP contribution >= 0.6 is 0 Å². The Labute approximate surface area is 140 Å². The number of amides is 1. The summed E-state index contributed by atoms with van der Waals surface area (Å²) in [5.74, 6) is 1.06. The summed E-state index contributed by atoms with van der Waals surface area (Å²) in [5.41, 5.74) is 0.929. The van der Waals surface area contributed by atoms with Crippen molar-refractivity contribution in [2.75, 3.05) is 0 Å². The number of imidazole rings is 1. The third kappa shape index (κ3) is 2.82. The number of benzene rings is 1. The van der Waals surface area contributed by atoms with Gasteiger partial charge in [0.15, 0.2) is 6.04 Å². The molecular weight excluding hydrogens is 302 g/mol. The van der Waals surface area contributed by atoms with Crippen LogP contribution in [-0.2, 0) is 17.8 Å². The van der Waals surface area contributed by atoms with Crippen LogP contribution in [0.3, 0.4) is 0 Å². The topological polar surface area (TPSA) is 64.7 Å². The normalized spacial score (nSPS) is 17.9. The second-order valence-corrected chi connectivity index (χ2v) is 6.04. The maximum absolute atomic E-state index is 13.0. The molecule has 3 heterocycles. The fraction of sp³-hybridized carbons (Fsp3) is 0.278. The van der Waals surface area contributed by atoms with Gasteiger partial charge in [-0.05, 0) is 18.1 Å². The highest BCUT2D eigenvalue weighted by Crippen LogP contribution is 2.19. The molecule has 0 fully saturated rings. The highest BCUT2D eigenvalue weighted by atomic mass is 16.2. The van der Waals surface area contributed by atoms with Crippen molar-refractivity contribution < 1.29 is 4.79 Å². The Morgan fingerprint density at radius 3 is 2.83 bits per heavy atom. The van der Waals surface area contributed by atoms with Gasteiger partial charge in [-0.25, -0.2) is 4.98 Å². The summed E-state index contributed by atoms with van der Waals surface area (Å²) in [6, 6.07) is 11.2. The molecule has 0 saturated carbocycles. The van der Waals surface area contributed by atoms with Crippen molar-refractivity contribution in [3.8, 4) is 0 Å². The molecule has 122 valence electrons. The van der Waals surface area contributed by atoms with Crippen molar-refractivity contribution in [2.24, 2.45) is 0 Å². The molecule has 2 aromatic heterocycles. The fourth-order valence-corrected chi connectivity index (χ4v) is 3.26. The molecule has 1 amide bonds. The minimum absolute atomic E-state index is 0.0292. The van der Waals surface area contributed by atoms with E-state index in [9.17, 15) is 4.79 Å². The molecule has 24 heavy (non-hydrogen) atoms. The second kappa shape index (κ2) is 6.31. The number of hydrogen-bond donors (Lipinski definition) is 1. The molecule has 0 radical (unpaired) electrons. The van der Waals surface area contributed by atoms with Crippen LogP contribution in [0.4, 0.5) is 0 Å². The van der Waals surface area contributed by atoms with Crippen LogP contribution in [0, 0.1) is 0 Å². The SMILES string of the molecule is O=C(NC1CCc2nccn2C1)C(c1ccccc1)n1cccn1. The molecule has 1 aliphatic heterocycles. The standard InChI is InChI=1S/C18H19N5O/c24-18(21-15-7-8-16-19-10-12-22(16)13-15)17(23-11-4-9-20-23)14-5-2-1-3-6-14/h1-6,9-12,15,17H,7-8,13H2,(H,21,24). The largest absolute Gasteiger partial charge is 0.349 e. The highest BCUT2D eigenvalue weighted by molar-refractivity contribution is 5.83. The summed E-state index contributed by atoms with van der Waals surface area (Å²) in [5, 5.41) is 7.46. The predicted molar refractivity (Wildman–Crippen MR) is 89.3 cm³/mol. The predicted octanol–water partition coefficient (Wildman–Crippen LogP) is 1.80. The Bertz CT molecular complexity index is 809. The highest BCUT2D eigenvalue weighted by Gasteiger charge is 2.27. The van der Waals surface area contributed by atoms with Gasteiger partial charge in [0.1, 0.15) is 5.82 Å². The van der Waals surface area contributed by atoms with E-state index in [2.05, 4.69) is 20.0 Å². The zero-order valence-electron chi connectivity index (χ0n) is 13.2. The van der Waals surface area contributed by atoms with Gasteiger partial charge in [-0.15, -0.1) is 0 Å². The van der Waals surface area contributed by atoms with Crippen LogP contribution in [-0.4, -0.2) is 31.3 Å². The number of carbonyl (C=O) groups is 1. The van der Waals surface area contributed by atoms with Crippen LogP contribution in [0.15, 0.2) is 61.2 Å². The van der Waals surface area contributed by atoms with Gasteiger partial charge in [-0.3, -0.25) is 9.48 Å². The zero-order valence-corrected chi connectivity index (χ0v) is 13.2. The number of hydrogen-bond acceptors (Lipinski definition) is 3. The Hall–Kier alpha value is -2.89. The van der Waals surface area contributed by atoms with Gasteiger partial charge in [-0.2, -0.15) is 5.10 Å². The lowest BCUT2D eigenvalue weighted by Crippen LogP contribution is -2.44. The number of rotatable bonds is 4. The quantitative estimate of drug-likeness (QED) is 0.797. The number of fused-ring (bicyclic) bond motifs is 1. The van der Waals surface area contributed by atoms with Gasteiger partial charge in [0.25, 0.3) is 0 Å². The lowest BCUT2D eigenvalue weighted by atomic mass is 10.0. The average molecular weight is 321 g/mol. The van der Waals surface area contributed by atoms with Gasteiger partial charge >= 0.3 is 0 Å². The molecule has 2 atom stereocenters. The average Bonchev–Trinajstić information content (AvgIpc) is 3.27. The van der Waals surface area contributed by atoms with Gasteiger partial charge < -0.3 is 9.88 Å². The number of nitrogens with one attached hydrogen (secondary N) is 1. The van der Waals surface area contributed by atoms with Crippen molar-refractivity contribution in [3.05, 3.63) is 72.6 Å². The molecule has 0 spiro atoms. The molecule has 6 nitrogen and oxygen atoms in total. The summed E-state index contributed by atoms with van der Waals surface area (Å²) in [7, 11) is 0. The van der Waals surface area contributed by atoms with Crippen molar-refractivity contribution in [2.45, 2.75) is 31.5 Å². The molecular formula is C18H19N5O. The van der Waals surface area contributed by atoms with E-state index in [0.717, 1.165) is 30.8 Å². The van der Waals surface area contributed by atoms with E-state index in [4.69, 9.17) is 0 Å². The molecule has 3 aromatic rings. The maximum Gasteiger partial charge on any atom is 0.249 e. The first-order valence-corrected chi connectivity index (χ1v) is 8.16. The summed E-state index contributed by atoms with van der Waals surface area (Å²) < 4.78 is 3.82. The Kier molecular flexibility index (Phi) is 3.86. The van der Waals surface area contributed by atoms with Gasteiger partial charge in [0, 0.05) is 43.8 Å². The van der Waals surface area contributed by atoms with Crippen LogP contribution in [0.5, 0.6) is 0 Å².